The van der Waals surface area contributed by atoms with E-state index in [2.05, 4.69) is 68.3 Å². The van der Waals surface area contributed by atoms with E-state index in [0.29, 0.717) is 18.4 Å². The molecule has 2 aliphatic heterocycles. The van der Waals surface area contributed by atoms with Gasteiger partial charge in [-0.25, -0.2) is 0 Å². The van der Waals surface area contributed by atoms with Crippen LogP contribution in [0.1, 0.15) is 53.4 Å². The number of amides is 1. The van der Waals surface area contributed by atoms with Crippen molar-refractivity contribution in [3.8, 4) is 0 Å². The first kappa shape index (κ1) is 17.7. The van der Waals surface area contributed by atoms with Gasteiger partial charge in [0.05, 0.1) is 11.6 Å². The van der Waals surface area contributed by atoms with Gasteiger partial charge in [-0.05, 0) is 44.3 Å². The predicted molar refractivity (Wildman–Crippen MR) is 98.5 cm³/mol. The van der Waals surface area contributed by atoms with Crippen LogP contribution >= 0.6 is 22.6 Å². The Labute approximate surface area is 144 Å². The normalized spacial score (nSPS) is 34.2. The van der Waals surface area contributed by atoms with Gasteiger partial charge in [-0.15, -0.1) is 0 Å². The number of nitrogens with zero attached hydrogens (tertiary/aromatic N) is 1. The third kappa shape index (κ3) is 3.07. The molecule has 122 valence electrons. The zero-order valence-corrected chi connectivity index (χ0v) is 17.5. The highest BCUT2D eigenvalue weighted by atomic mass is 127. The second-order valence-corrected chi connectivity index (χ2v) is 14.0. The van der Waals surface area contributed by atoms with Crippen LogP contribution in [0.4, 0.5) is 0 Å². The van der Waals surface area contributed by atoms with Crippen LogP contribution in [-0.4, -0.2) is 41.2 Å². The number of carbonyl (C=O) groups is 1. The zero-order valence-electron chi connectivity index (χ0n) is 14.3. The molecule has 3 nitrogen and oxygen atoms in total. The fourth-order valence-corrected chi connectivity index (χ4v) is 5.75. The molecule has 0 aromatic rings. The van der Waals surface area contributed by atoms with E-state index < -0.39 is 8.32 Å². The molecular weight excluding hydrogens is 393 g/mol. The Morgan fingerprint density at radius 1 is 1.38 bits per heavy atom. The van der Waals surface area contributed by atoms with Crippen molar-refractivity contribution in [2.75, 3.05) is 4.43 Å². The fraction of sp³-hybridized carbons (Fsp3) is 0.938. The van der Waals surface area contributed by atoms with Gasteiger partial charge >= 0.3 is 0 Å². The van der Waals surface area contributed by atoms with E-state index in [-0.39, 0.29) is 16.7 Å². The first-order chi connectivity index (χ1) is 9.53. The van der Waals surface area contributed by atoms with Crippen molar-refractivity contribution in [3.05, 3.63) is 0 Å². The monoisotopic (exact) mass is 423 g/mol. The number of hydrogen-bond donors (Lipinski definition) is 0. The minimum Gasteiger partial charge on any atom is -0.412 e. The molecule has 0 saturated carbocycles. The smallest absolute Gasteiger partial charge is 0.223 e. The Morgan fingerprint density at radius 2 is 2.00 bits per heavy atom. The van der Waals surface area contributed by atoms with Crippen LogP contribution in [0.2, 0.25) is 18.1 Å². The number of piperidine rings is 1. The van der Waals surface area contributed by atoms with Crippen molar-refractivity contribution >= 4 is 36.8 Å². The minimum absolute atomic E-state index is 0.0826. The van der Waals surface area contributed by atoms with Crippen molar-refractivity contribution < 1.29 is 9.22 Å². The summed E-state index contributed by atoms with van der Waals surface area (Å²) in [7, 11) is -1.79. The molecule has 0 aliphatic carbocycles. The van der Waals surface area contributed by atoms with E-state index in [9.17, 15) is 4.79 Å². The molecule has 1 amide bonds. The summed E-state index contributed by atoms with van der Waals surface area (Å²) in [6, 6.07) is 0.411. The molecule has 2 saturated heterocycles. The quantitative estimate of drug-likeness (QED) is 0.384. The maximum atomic E-state index is 12.4. The molecule has 3 atom stereocenters. The van der Waals surface area contributed by atoms with Crippen LogP contribution < -0.4 is 0 Å². The average Bonchev–Trinajstić information content (AvgIpc) is 2.70. The second kappa shape index (κ2) is 5.78. The van der Waals surface area contributed by atoms with Crippen molar-refractivity contribution in [1.82, 2.24) is 4.90 Å². The van der Waals surface area contributed by atoms with Gasteiger partial charge in [-0.3, -0.25) is 4.79 Å². The summed E-state index contributed by atoms with van der Waals surface area (Å²) in [6.07, 6.45) is 3.98. The van der Waals surface area contributed by atoms with Crippen LogP contribution in [-0.2, 0) is 9.22 Å². The van der Waals surface area contributed by atoms with E-state index in [0.717, 1.165) is 23.7 Å². The van der Waals surface area contributed by atoms with Crippen LogP contribution in [0, 0.1) is 0 Å². The molecule has 5 heteroatoms. The number of rotatable bonds is 3. The fourth-order valence-electron chi connectivity index (χ4n) is 3.48. The van der Waals surface area contributed by atoms with E-state index >= 15 is 0 Å². The molecule has 21 heavy (non-hydrogen) atoms. The van der Waals surface area contributed by atoms with E-state index in [1.54, 1.807) is 0 Å². The third-order valence-corrected chi connectivity index (χ3v) is 11.4. The molecule has 2 aliphatic rings. The summed E-state index contributed by atoms with van der Waals surface area (Å²) in [4.78, 5) is 14.6. The van der Waals surface area contributed by atoms with Gasteiger partial charge in [0.15, 0.2) is 8.32 Å². The van der Waals surface area contributed by atoms with E-state index in [4.69, 9.17) is 4.43 Å². The van der Waals surface area contributed by atoms with Crippen LogP contribution in [0.15, 0.2) is 0 Å². The first-order valence-electron chi connectivity index (χ1n) is 8.09. The number of hydrogen-bond acceptors (Lipinski definition) is 2. The van der Waals surface area contributed by atoms with Gasteiger partial charge in [0.1, 0.15) is 0 Å². The molecule has 0 aromatic carbocycles. The molecule has 0 bridgehead atoms. The van der Waals surface area contributed by atoms with Crippen molar-refractivity contribution in [2.24, 2.45) is 0 Å². The van der Waals surface area contributed by atoms with Crippen molar-refractivity contribution in [2.45, 2.75) is 89.2 Å². The zero-order chi connectivity index (χ0) is 16.1. The summed E-state index contributed by atoms with van der Waals surface area (Å²) >= 11 is 2.42. The number of alkyl halides is 1. The Hall–Kier alpha value is 0.377. The molecule has 2 heterocycles. The highest BCUT2D eigenvalue weighted by Crippen LogP contribution is 2.46. The van der Waals surface area contributed by atoms with E-state index in [1.807, 2.05) is 0 Å². The molecule has 0 radical (unpaired) electrons. The lowest BCUT2D eigenvalue weighted by Crippen LogP contribution is -2.62. The minimum atomic E-state index is -1.79. The number of carbonyl (C=O) groups excluding carboxylic acids is 1. The van der Waals surface area contributed by atoms with Gasteiger partial charge < -0.3 is 9.33 Å². The van der Waals surface area contributed by atoms with Gasteiger partial charge in [0.2, 0.25) is 5.91 Å². The number of halogens is 1. The maximum absolute atomic E-state index is 12.4. The molecule has 2 fully saturated rings. The predicted octanol–water partition coefficient (Wildman–Crippen LogP) is 4.36. The summed E-state index contributed by atoms with van der Waals surface area (Å²) in [6.45, 7) is 13.8. The SMILES string of the molecule is CC(C)(C)[Si](C)(C)O[C@H]1CCC(=O)N2[C@@H](CI)CC[C@@]12C. The largest absolute Gasteiger partial charge is 0.412 e. The Balaban J connectivity index is 2.24. The summed E-state index contributed by atoms with van der Waals surface area (Å²) in [5.74, 6) is 0.340. The second-order valence-electron chi connectivity index (χ2n) is 8.37. The molecular formula is C16H30INO2Si. The lowest BCUT2D eigenvalue weighted by Gasteiger charge is -2.51. The molecule has 0 N–H and O–H groups in total. The Morgan fingerprint density at radius 3 is 2.52 bits per heavy atom. The molecule has 0 aromatic heterocycles. The lowest BCUT2D eigenvalue weighted by atomic mass is 9.85. The Bertz CT molecular complexity index is 421. The summed E-state index contributed by atoms with van der Waals surface area (Å²) in [5.41, 5.74) is -0.0826. The van der Waals surface area contributed by atoms with Gasteiger partial charge in [-0.2, -0.15) is 0 Å². The first-order valence-corrected chi connectivity index (χ1v) is 12.5. The van der Waals surface area contributed by atoms with Crippen LogP contribution in [0.5, 0.6) is 0 Å². The topological polar surface area (TPSA) is 29.5 Å². The van der Waals surface area contributed by atoms with Crippen molar-refractivity contribution in [1.29, 1.82) is 0 Å². The lowest BCUT2D eigenvalue weighted by molar-refractivity contribution is -0.148. The Kier molecular flexibility index (Phi) is 4.88. The average molecular weight is 423 g/mol. The van der Waals surface area contributed by atoms with Crippen LogP contribution in [0.3, 0.4) is 0 Å². The highest BCUT2D eigenvalue weighted by molar-refractivity contribution is 14.1. The van der Waals surface area contributed by atoms with Gasteiger partial charge in [0.25, 0.3) is 0 Å². The van der Waals surface area contributed by atoms with Gasteiger partial charge in [0, 0.05) is 16.9 Å². The summed E-state index contributed by atoms with van der Waals surface area (Å²) in [5, 5.41) is 0.219. The highest BCUT2D eigenvalue weighted by Gasteiger charge is 2.54. The molecule has 0 spiro atoms. The molecule has 0 unspecified atom stereocenters. The van der Waals surface area contributed by atoms with Crippen LogP contribution in [0.25, 0.3) is 0 Å². The van der Waals surface area contributed by atoms with E-state index in [1.165, 1.54) is 0 Å². The van der Waals surface area contributed by atoms with Crippen molar-refractivity contribution in [3.63, 3.8) is 0 Å². The third-order valence-electron chi connectivity index (χ3n) is 5.90. The summed E-state index contributed by atoms with van der Waals surface area (Å²) < 4.78 is 7.78. The maximum Gasteiger partial charge on any atom is 0.223 e. The standard InChI is InChI=1S/C16H30INO2Si/c1-15(2,3)21(5,6)20-13-7-8-14(19)18-12(11-17)9-10-16(13,18)4/h12-13H,7-11H2,1-6H3/t12-,13+,16+/m1/s1. The molecule has 2 rings (SSSR count). The number of fused-ring (bicyclic) bond motifs is 1. The van der Waals surface area contributed by atoms with Gasteiger partial charge in [-0.1, -0.05) is 43.4 Å².